The Morgan fingerprint density at radius 2 is 2.28 bits per heavy atom. The molecule has 18 heavy (non-hydrogen) atoms. The van der Waals surface area contributed by atoms with Crippen LogP contribution in [-0.2, 0) is 0 Å². The van der Waals surface area contributed by atoms with Crippen LogP contribution in [0.2, 0.25) is 0 Å². The van der Waals surface area contributed by atoms with Gasteiger partial charge in [-0.2, -0.15) is 0 Å². The van der Waals surface area contributed by atoms with Gasteiger partial charge in [-0.25, -0.2) is 0 Å². The molecule has 1 heterocycles. The zero-order valence-electron chi connectivity index (χ0n) is 10.8. The van der Waals surface area contributed by atoms with E-state index in [1.54, 1.807) is 12.4 Å². The standard InChI is InChI=1S/C14H20N2O2/c1-11-8-12(10-15-9-11)14(18)16(6-3-7-17)13-4-2-5-13/h8-10,13,17H,2-7H2,1H3. The Morgan fingerprint density at radius 3 is 2.83 bits per heavy atom. The maximum absolute atomic E-state index is 12.4. The second-order valence-electron chi connectivity index (χ2n) is 4.91. The Balaban J connectivity index is 2.11. The summed E-state index contributed by atoms with van der Waals surface area (Å²) < 4.78 is 0. The van der Waals surface area contributed by atoms with E-state index in [9.17, 15) is 4.79 Å². The first-order chi connectivity index (χ1) is 8.72. The lowest BCUT2D eigenvalue weighted by Gasteiger charge is -2.37. The zero-order valence-corrected chi connectivity index (χ0v) is 10.8. The van der Waals surface area contributed by atoms with Crippen LogP contribution >= 0.6 is 0 Å². The number of carbonyl (C=O) groups excluding carboxylic acids is 1. The first kappa shape index (κ1) is 13.0. The van der Waals surface area contributed by atoms with Gasteiger partial charge in [0.2, 0.25) is 0 Å². The smallest absolute Gasteiger partial charge is 0.255 e. The number of nitrogens with zero attached hydrogens (tertiary/aromatic N) is 2. The number of hydrogen-bond donors (Lipinski definition) is 1. The fourth-order valence-corrected chi connectivity index (χ4v) is 2.23. The number of aryl methyl sites for hydroxylation is 1. The second kappa shape index (κ2) is 5.96. The molecule has 1 aromatic heterocycles. The molecule has 0 radical (unpaired) electrons. The molecule has 0 aromatic carbocycles. The molecule has 1 aromatic rings. The molecular weight excluding hydrogens is 228 g/mol. The van der Waals surface area contributed by atoms with Crippen molar-refractivity contribution in [3.63, 3.8) is 0 Å². The first-order valence-corrected chi connectivity index (χ1v) is 6.56. The summed E-state index contributed by atoms with van der Waals surface area (Å²) in [4.78, 5) is 18.4. The summed E-state index contributed by atoms with van der Waals surface area (Å²) >= 11 is 0. The molecule has 0 bridgehead atoms. The monoisotopic (exact) mass is 248 g/mol. The number of rotatable bonds is 5. The third kappa shape index (κ3) is 2.88. The second-order valence-corrected chi connectivity index (χ2v) is 4.91. The van der Waals surface area contributed by atoms with Crippen LogP contribution < -0.4 is 0 Å². The first-order valence-electron chi connectivity index (χ1n) is 6.56. The molecule has 1 amide bonds. The molecule has 4 nitrogen and oxygen atoms in total. The van der Waals surface area contributed by atoms with Gasteiger partial charge >= 0.3 is 0 Å². The fourth-order valence-electron chi connectivity index (χ4n) is 2.23. The Morgan fingerprint density at radius 1 is 1.50 bits per heavy atom. The molecule has 4 heteroatoms. The third-order valence-electron chi connectivity index (χ3n) is 3.46. The third-order valence-corrected chi connectivity index (χ3v) is 3.46. The number of aliphatic hydroxyl groups is 1. The minimum absolute atomic E-state index is 0.0457. The van der Waals surface area contributed by atoms with Crippen LogP contribution in [0, 0.1) is 6.92 Å². The van der Waals surface area contributed by atoms with Crippen LogP contribution in [-0.4, -0.2) is 40.1 Å². The van der Waals surface area contributed by atoms with Gasteiger partial charge in [-0.05, 0) is 44.2 Å². The van der Waals surface area contributed by atoms with Crippen molar-refractivity contribution in [1.82, 2.24) is 9.88 Å². The summed E-state index contributed by atoms with van der Waals surface area (Å²) in [5.41, 5.74) is 1.65. The van der Waals surface area contributed by atoms with Gasteiger partial charge in [0.15, 0.2) is 0 Å². The summed E-state index contributed by atoms with van der Waals surface area (Å²) in [6, 6.07) is 2.23. The van der Waals surface area contributed by atoms with E-state index < -0.39 is 0 Å². The van der Waals surface area contributed by atoms with Crippen LogP contribution in [0.1, 0.15) is 41.6 Å². The molecule has 0 atom stereocenters. The van der Waals surface area contributed by atoms with Crippen LogP contribution in [0.3, 0.4) is 0 Å². The Labute approximate surface area is 108 Å². The lowest BCUT2D eigenvalue weighted by atomic mass is 9.91. The predicted octanol–water partition coefficient (Wildman–Crippen LogP) is 1.77. The molecule has 0 aliphatic heterocycles. The zero-order chi connectivity index (χ0) is 13.0. The fraction of sp³-hybridized carbons (Fsp3) is 0.571. The Hall–Kier alpha value is -1.42. The minimum atomic E-state index is 0.0457. The van der Waals surface area contributed by atoms with Crippen molar-refractivity contribution in [2.45, 2.75) is 38.6 Å². The molecule has 1 saturated carbocycles. The molecule has 0 spiro atoms. The summed E-state index contributed by atoms with van der Waals surface area (Å²) in [5.74, 6) is 0.0457. The predicted molar refractivity (Wildman–Crippen MR) is 69.4 cm³/mol. The van der Waals surface area contributed by atoms with Crippen LogP contribution in [0.5, 0.6) is 0 Å². The SMILES string of the molecule is Cc1cncc(C(=O)N(CCCO)C2CCC2)c1. The summed E-state index contributed by atoms with van der Waals surface area (Å²) in [7, 11) is 0. The molecule has 0 saturated heterocycles. The number of hydrogen-bond acceptors (Lipinski definition) is 3. The number of amides is 1. The highest BCUT2D eigenvalue weighted by Crippen LogP contribution is 2.26. The normalized spacial score (nSPS) is 15.2. The van der Waals surface area contributed by atoms with E-state index in [1.165, 1.54) is 6.42 Å². The molecule has 1 aliphatic rings. The van der Waals surface area contributed by atoms with Crippen molar-refractivity contribution in [2.24, 2.45) is 0 Å². The largest absolute Gasteiger partial charge is 0.396 e. The number of pyridine rings is 1. The van der Waals surface area contributed by atoms with Crippen molar-refractivity contribution in [3.8, 4) is 0 Å². The molecular formula is C14H20N2O2. The lowest BCUT2D eigenvalue weighted by molar-refractivity contribution is 0.0562. The summed E-state index contributed by atoms with van der Waals surface area (Å²) in [6.45, 7) is 2.70. The topological polar surface area (TPSA) is 53.4 Å². The van der Waals surface area contributed by atoms with E-state index in [2.05, 4.69) is 4.98 Å². The summed E-state index contributed by atoms with van der Waals surface area (Å²) in [5, 5.41) is 8.93. The Kier molecular flexibility index (Phi) is 4.31. The van der Waals surface area contributed by atoms with Crippen molar-refractivity contribution in [1.29, 1.82) is 0 Å². The molecule has 1 aliphatic carbocycles. The van der Waals surface area contributed by atoms with E-state index in [1.807, 2.05) is 17.9 Å². The van der Waals surface area contributed by atoms with Gasteiger partial charge in [0.25, 0.3) is 5.91 Å². The highest BCUT2D eigenvalue weighted by atomic mass is 16.3. The summed E-state index contributed by atoms with van der Waals surface area (Å²) in [6.07, 6.45) is 7.37. The van der Waals surface area contributed by atoms with E-state index in [-0.39, 0.29) is 12.5 Å². The molecule has 0 unspecified atom stereocenters. The van der Waals surface area contributed by atoms with Crippen LogP contribution in [0.25, 0.3) is 0 Å². The van der Waals surface area contributed by atoms with Crippen molar-refractivity contribution in [2.75, 3.05) is 13.2 Å². The van der Waals surface area contributed by atoms with Gasteiger partial charge in [0.05, 0.1) is 5.56 Å². The molecule has 2 rings (SSSR count). The van der Waals surface area contributed by atoms with Gasteiger partial charge in [-0.3, -0.25) is 9.78 Å². The molecule has 98 valence electrons. The molecule has 1 fully saturated rings. The van der Waals surface area contributed by atoms with Gasteiger partial charge in [-0.15, -0.1) is 0 Å². The quantitative estimate of drug-likeness (QED) is 0.864. The average molecular weight is 248 g/mol. The van der Waals surface area contributed by atoms with E-state index in [4.69, 9.17) is 5.11 Å². The molecule has 1 N–H and O–H groups in total. The van der Waals surface area contributed by atoms with Crippen LogP contribution in [0.4, 0.5) is 0 Å². The van der Waals surface area contributed by atoms with Gasteiger partial charge < -0.3 is 10.0 Å². The minimum Gasteiger partial charge on any atom is -0.396 e. The van der Waals surface area contributed by atoms with Crippen molar-refractivity contribution >= 4 is 5.91 Å². The van der Waals surface area contributed by atoms with E-state index in [0.717, 1.165) is 18.4 Å². The van der Waals surface area contributed by atoms with Gasteiger partial charge in [0.1, 0.15) is 0 Å². The number of aliphatic hydroxyl groups excluding tert-OH is 1. The number of aromatic nitrogens is 1. The van der Waals surface area contributed by atoms with Gasteiger partial charge in [0, 0.05) is 31.6 Å². The van der Waals surface area contributed by atoms with Crippen LogP contribution in [0.15, 0.2) is 18.5 Å². The average Bonchev–Trinajstić information content (AvgIpc) is 2.31. The Bertz CT molecular complexity index is 416. The highest BCUT2D eigenvalue weighted by Gasteiger charge is 2.29. The lowest BCUT2D eigenvalue weighted by Crippen LogP contribution is -2.45. The van der Waals surface area contributed by atoms with Gasteiger partial charge in [-0.1, -0.05) is 0 Å². The maximum Gasteiger partial charge on any atom is 0.255 e. The van der Waals surface area contributed by atoms with Crippen molar-refractivity contribution < 1.29 is 9.90 Å². The number of carbonyl (C=O) groups is 1. The van der Waals surface area contributed by atoms with E-state index in [0.29, 0.717) is 24.6 Å². The van der Waals surface area contributed by atoms with E-state index >= 15 is 0 Å². The highest BCUT2D eigenvalue weighted by molar-refractivity contribution is 5.94. The maximum atomic E-state index is 12.4. The van der Waals surface area contributed by atoms with Crippen molar-refractivity contribution in [3.05, 3.63) is 29.6 Å².